The van der Waals surface area contributed by atoms with E-state index in [-0.39, 0.29) is 9.92 Å². The highest BCUT2D eigenvalue weighted by molar-refractivity contribution is 9.10. The maximum atomic E-state index is 12.4. The van der Waals surface area contributed by atoms with Crippen molar-refractivity contribution in [2.45, 2.75) is 23.8 Å². The maximum absolute atomic E-state index is 12.4. The van der Waals surface area contributed by atoms with Crippen molar-refractivity contribution in [2.24, 2.45) is 0 Å². The molecule has 18 heavy (non-hydrogen) atoms. The van der Waals surface area contributed by atoms with E-state index in [2.05, 4.69) is 15.9 Å². The normalized spacial score (nSPS) is 19.1. The summed E-state index contributed by atoms with van der Waals surface area (Å²) in [4.78, 5) is 0.115. The highest BCUT2D eigenvalue weighted by Gasteiger charge is 2.30. The van der Waals surface area contributed by atoms with Crippen LogP contribution >= 0.6 is 27.5 Å². The lowest BCUT2D eigenvalue weighted by molar-refractivity contribution is 0.113. The molecule has 4 nitrogen and oxygen atoms in total. The Morgan fingerprint density at radius 2 is 1.94 bits per heavy atom. The van der Waals surface area contributed by atoms with Gasteiger partial charge in [0.2, 0.25) is 10.0 Å². The first-order valence-electron chi connectivity index (χ1n) is 5.54. The van der Waals surface area contributed by atoms with E-state index in [4.69, 9.17) is 11.6 Å². The molecule has 0 saturated carbocycles. The standard InChI is InChI=1S/C11H13BrClNO3S/c12-8-1-2-11(10(13)7-8)18(16,17)14-5-3-9(15)4-6-14/h1-2,7,9,15H,3-6H2. The molecule has 2 rings (SSSR count). The number of aliphatic hydroxyl groups is 1. The first kappa shape index (κ1) is 14.3. The van der Waals surface area contributed by atoms with E-state index in [0.29, 0.717) is 25.9 Å². The van der Waals surface area contributed by atoms with Crippen LogP contribution in [0, 0.1) is 0 Å². The van der Waals surface area contributed by atoms with Crippen LogP contribution in [0.3, 0.4) is 0 Å². The Balaban J connectivity index is 2.30. The van der Waals surface area contributed by atoms with Crippen molar-refractivity contribution >= 4 is 37.6 Å². The van der Waals surface area contributed by atoms with Crippen LogP contribution in [0.5, 0.6) is 0 Å². The third kappa shape index (κ3) is 2.88. The Bertz CT molecular complexity index is 541. The molecule has 1 heterocycles. The van der Waals surface area contributed by atoms with E-state index in [1.807, 2.05) is 0 Å². The predicted octanol–water partition coefficient (Wildman–Crippen LogP) is 2.25. The van der Waals surface area contributed by atoms with Crippen LogP contribution in [0.15, 0.2) is 27.6 Å². The van der Waals surface area contributed by atoms with Crippen LogP contribution in [0.1, 0.15) is 12.8 Å². The van der Waals surface area contributed by atoms with Crippen molar-refractivity contribution in [3.63, 3.8) is 0 Å². The molecule has 0 atom stereocenters. The zero-order valence-corrected chi connectivity index (χ0v) is 12.7. The predicted molar refractivity (Wildman–Crippen MR) is 73.2 cm³/mol. The quantitative estimate of drug-likeness (QED) is 0.886. The van der Waals surface area contributed by atoms with Crippen LogP contribution < -0.4 is 0 Å². The van der Waals surface area contributed by atoms with Crippen LogP contribution in [0.4, 0.5) is 0 Å². The Kier molecular flexibility index (Phi) is 4.33. The topological polar surface area (TPSA) is 57.6 Å². The molecule has 0 unspecified atom stereocenters. The molecular weight excluding hydrogens is 342 g/mol. The van der Waals surface area contributed by atoms with E-state index >= 15 is 0 Å². The van der Waals surface area contributed by atoms with Crippen LogP contribution in [-0.2, 0) is 10.0 Å². The summed E-state index contributed by atoms with van der Waals surface area (Å²) in [6.45, 7) is 0.659. The third-order valence-electron chi connectivity index (χ3n) is 2.94. The Hall–Kier alpha value is -0.140. The third-order valence-corrected chi connectivity index (χ3v) is 5.81. The highest BCUT2D eigenvalue weighted by atomic mass is 79.9. The number of piperidine rings is 1. The zero-order chi connectivity index (χ0) is 13.3. The number of halogens is 2. The van der Waals surface area contributed by atoms with Gasteiger partial charge in [-0.3, -0.25) is 0 Å². The van der Waals surface area contributed by atoms with Gasteiger partial charge in [0, 0.05) is 17.6 Å². The van der Waals surface area contributed by atoms with Crippen molar-refractivity contribution in [3.05, 3.63) is 27.7 Å². The molecule has 1 aliphatic rings. The molecule has 0 spiro atoms. The van der Waals surface area contributed by atoms with Gasteiger partial charge in [-0.05, 0) is 31.0 Å². The van der Waals surface area contributed by atoms with Gasteiger partial charge in [-0.15, -0.1) is 0 Å². The van der Waals surface area contributed by atoms with Gasteiger partial charge in [0.25, 0.3) is 0 Å². The van der Waals surface area contributed by atoms with Crippen LogP contribution in [0.25, 0.3) is 0 Å². The first-order valence-corrected chi connectivity index (χ1v) is 8.15. The van der Waals surface area contributed by atoms with Gasteiger partial charge in [0.15, 0.2) is 0 Å². The molecule has 1 aromatic rings. The molecule has 1 saturated heterocycles. The second kappa shape index (κ2) is 5.46. The second-order valence-electron chi connectivity index (χ2n) is 4.21. The fraction of sp³-hybridized carbons (Fsp3) is 0.455. The summed E-state index contributed by atoms with van der Waals surface area (Å²) >= 11 is 9.22. The summed E-state index contributed by atoms with van der Waals surface area (Å²) in [5.41, 5.74) is 0. The summed E-state index contributed by atoms with van der Waals surface area (Å²) in [6, 6.07) is 4.71. The minimum atomic E-state index is -3.56. The lowest BCUT2D eigenvalue weighted by Gasteiger charge is -2.29. The van der Waals surface area contributed by atoms with E-state index < -0.39 is 16.1 Å². The summed E-state index contributed by atoms with van der Waals surface area (Å²) in [6.07, 6.45) is 0.526. The maximum Gasteiger partial charge on any atom is 0.244 e. The van der Waals surface area contributed by atoms with Gasteiger partial charge in [-0.25, -0.2) is 8.42 Å². The molecule has 0 aliphatic carbocycles. The molecule has 1 N–H and O–H groups in total. The molecule has 0 radical (unpaired) electrons. The lowest BCUT2D eigenvalue weighted by Crippen LogP contribution is -2.40. The molecule has 0 aromatic heterocycles. The van der Waals surface area contributed by atoms with Crippen molar-refractivity contribution < 1.29 is 13.5 Å². The smallest absolute Gasteiger partial charge is 0.244 e. The summed E-state index contributed by atoms with van der Waals surface area (Å²) in [7, 11) is -3.56. The monoisotopic (exact) mass is 353 g/mol. The number of sulfonamides is 1. The molecular formula is C11H13BrClNO3S. The van der Waals surface area contributed by atoms with Gasteiger partial charge in [-0.1, -0.05) is 27.5 Å². The van der Waals surface area contributed by atoms with Crippen molar-refractivity contribution in [1.82, 2.24) is 4.31 Å². The fourth-order valence-electron chi connectivity index (χ4n) is 1.91. The molecule has 1 aromatic carbocycles. The van der Waals surface area contributed by atoms with Gasteiger partial charge in [0.1, 0.15) is 4.90 Å². The van der Waals surface area contributed by atoms with Crippen molar-refractivity contribution in [1.29, 1.82) is 0 Å². The minimum absolute atomic E-state index is 0.115. The lowest BCUT2D eigenvalue weighted by atomic mass is 10.1. The van der Waals surface area contributed by atoms with Gasteiger partial charge >= 0.3 is 0 Å². The van der Waals surface area contributed by atoms with Crippen LogP contribution in [-0.4, -0.2) is 37.0 Å². The largest absolute Gasteiger partial charge is 0.393 e. The van der Waals surface area contributed by atoms with E-state index in [1.54, 1.807) is 12.1 Å². The molecule has 1 fully saturated rings. The number of rotatable bonds is 2. The SMILES string of the molecule is O=S(=O)(c1ccc(Br)cc1Cl)N1CCC(O)CC1. The van der Waals surface area contributed by atoms with E-state index in [1.165, 1.54) is 10.4 Å². The number of hydrogen-bond acceptors (Lipinski definition) is 3. The van der Waals surface area contributed by atoms with E-state index in [0.717, 1.165) is 4.47 Å². The van der Waals surface area contributed by atoms with Crippen LogP contribution in [0.2, 0.25) is 5.02 Å². The van der Waals surface area contributed by atoms with Crippen molar-refractivity contribution in [3.8, 4) is 0 Å². The molecule has 1 aliphatic heterocycles. The fourth-order valence-corrected chi connectivity index (χ4v) is 4.39. The number of aliphatic hydroxyl groups excluding tert-OH is 1. The molecule has 0 amide bonds. The highest BCUT2D eigenvalue weighted by Crippen LogP contribution is 2.29. The number of hydrogen-bond donors (Lipinski definition) is 1. The van der Waals surface area contributed by atoms with Gasteiger partial charge in [0.05, 0.1) is 11.1 Å². The number of nitrogens with zero attached hydrogens (tertiary/aromatic N) is 1. The average Bonchev–Trinajstić information content (AvgIpc) is 2.29. The Morgan fingerprint density at radius 3 is 2.50 bits per heavy atom. The van der Waals surface area contributed by atoms with E-state index in [9.17, 15) is 13.5 Å². The Morgan fingerprint density at radius 1 is 1.33 bits per heavy atom. The number of benzene rings is 1. The summed E-state index contributed by atoms with van der Waals surface area (Å²) in [5.74, 6) is 0. The molecule has 100 valence electrons. The first-order chi connectivity index (χ1) is 8.41. The molecule has 0 bridgehead atoms. The Labute approximate surface area is 120 Å². The second-order valence-corrected chi connectivity index (χ2v) is 7.44. The average molecular weight is 355 g/mol. The summed E-state index contributed by atoms with van der Waals surface area (Å²) in [5, 5.41) is 9.60. The van der Waals surface area contributed by atoms with Gasteiger partial charge in [-0.2, -0.15) is 4.31 Å². The zero-order valence-electron chi connectivity index (χ0n) is 9.51. The minimum Gasteiger partial charge on any atom is -0.393 e. The molecule has 7 heteroatoms. The van der Waals surface area contributed by atoms with Crippen molar-refractivity contribution in [2.75, 3.05) is 13.1 Å². The van der Waals surface area contributed by atoms with Gasteiger partial charge < -0.3 is 5.11 Å². The summed E-state index contributed by atoms with van der Waals surface area (Å²) < 4.78 is 26.8.